The Morgan fingerprint density at radius 1 is 0.262 bits per heavy atom. The van der Waals surface area contributed by atoms with Crippen LogP contribution < -0.4 is 0 Å². The second-order valence-corrected chi connectivity index (χ2v) is 21.7. The summed E-state index contributed by atoms with van der Waals surface area (Å²) in [5.41, 5.74) is 0. The molecular formula is C59H114O6. The van der Waals surface area contributed by atoms with E-state index in [4.69, 9.17) is 14.2 Å². The van der Waals surface area contributed by atoms with E-state index in [0.717, 1.165) is 75.5 Å². The molecule has 0 aliphatic carbocycles. The van der Waals surface area contributed by atoms with Gasteiger partial charge in [-0.15, -0.1) is 0 Å². The molecule has 0 saturated carbocycles. The fourth-order valence-electron chi connectivity index (χ4n) is 9.00. The van der Waals surface area contributed by atoms with Crippen LogP contribution in [-0.4, -0.2) is 37.2 Å². The van der Waals surface area contributed by atoms with Crippen LogP contribution in [0.1, 0.15) is 324 Å². The maximum Gasteiger partial charge on any atom is 0.306 e. The minimum absolute atomic E-state index is 0.0634. The van der Waals surface area contributed by atoms with Gasteiger partial charge in [-0.25, -0.2) is 0 Å². The number of rotatable bonds is 52. The molecule has 0 bridgehead atoms. The van der Waals surface area contributed by atoms with Crippen molar-refractivity contribution in [1.29, 1.82) is 0 Å². The highest BCUT2D eigenvalue weighted by Crippen LogP contribution is 2.18. The van der Waals surface area contributed by atoms with E-state index in [0.29, 0.717) is 19.3 Å². The van der Waals surface area contributed by atoms with Gasteiger partial charge in [0.05, 0.1) is 0 Å². The number of hydrogen-bond acceptors (Lipinski definition) is 6. The number of carbonyl (C=O) groups is 3. The number of unbranched alkanes of at least 4 members (excludes halogenated alkanes) is 35. The van der Waals surface area contributed by atoms with E-state index in [9.17, 15) is 14.4 Å². The molecule has 0 saturated heterocycles. The van der Waals surface area contributed by atoms with Crippen molar-refractivity contribution < 1.29 is 28.6 Å². The SMILES string of the molecule is CC(C)CCCCCCCCCCCCCCCCC(=O)OC[C@H](COC(=O)CCCCCCCCCCCCCCC(C)C)OC(=O)CCCCCCCCCCCCCCC(C)C. The van der Waals surface area contributed by atoms with Crippen LogP contribution in [0.15, 0.2) is 0 Å². The van der Waals surface area contributed by atoms with Crippen LogP contribution in [0.3, 0.4) is 0 Å². The highest BCUT2D eigenvalue weighted by molar-refractivity contribution is 5.71. The van der Waals surface area contributed by atoms with Crippen molar-refractivity contribution >= 4 is 17.9 Å². The molecule has 1 atom stereocenters. The Morgan fingerprint density at radius 2 is 0.446 bits per heavy atom. The molecule has 0 aliphatic rings. The zero-order chi connectivity index (χ0) is 47.7. The van der Waals surface area contributed by atoms with Gasteiger partial charge in [-0.1, -0.05) is 286 Å². The molecule has 0 spiro atoms. The van der Waals surface area contributed by atoms with Crippen molar-refractivity contribution in [2.75, 3.05) is 13.2 Å². The van der Waals surface area contributed by atoms with Gasteiger partial charge in [0.15, 0.2) is 6.10 Å². The Kier molecular flexibility index (Phi) is 49.1. The lowest BCUT2D eigenvalue weighted by atomic mass is 10.0. The van der Waals surface area contributed by atoms with Crippen molar-refractivity contribution in [3.8, 4) is 0 Å². The molecule has 0 unspecified atom stereocenters. The molecule has 0 aliphatic heterocycles. The predicted molar refractivity (Wildman–Crippen MR) is 279 cm³/mol. The molecule has 0 amide bonds. The lowest BCUT2D eigenvalue weighted by Crippen LogP contribution is -2.30. The molecule has 386 valence electrons. The Hall–Kier alpha value is -1.59. The minimum atomic E-state index is -0.764. The Bertz CT molecular complexity index is 1010. The molecule has 65 heavy (non-hydrogen) atoms. The second-order valence-electron chi connectivity index (χ2n) is 21.7. The maximum absolute atomic E-state index is 12.8. The van der Waals surface area contributed by atoms with Gasteiger partial charge in [-0.3, -0.25) is 14.4 Å². The lowest BCUT2D eigenvalue weighted by Gasteiger charge is -2.18. The zero-order valence-corrected chi connectivity index (χ0v) is 44.8. The molecule has 0 fully saturated rings. The first kappa shape index (κ1) is 63.4. The maximum atomic E-state index is 12.8. The van der Waals surface area contributed by atoms with Crippen molar-refractivity contribution in [2.45, 2.75) is 330 Å². The van der Waals surface area contributed by atoms with Crippen LogP contribution in [0.2, 0.25) is 0 Å². The first-order valence-electron chi connectivity index (χ1n) is 29.1. The molecule has 6 nitrogen and oxygen atoms in total. The minimum Gasteiger partial charge on any atom is -0.462 e. The summed E-state index contributed by atoms with van der Waals surface area (Å²) in [5.74, 6) is 1.67. The van der Waals surface area contributed by atoms with Crippen molar-refractivity contribution in [3.05, 3.63) is 0 Å². The molecule has 0 aromatic carbocycles. The van der Waals surface area contributed by atoms with Crippen molar-refractivity contribution in [2.24, 2.45) is 17.8 Å². The van der Waals surface area contributed by atoms with Gasteiger partial charge in [0.1, 0.15) is 13.2 Å². The third-order valence-corrected chi connectivity index (χ3v) is 13.4. The van der Waals surface area contributed by atoms with Gasteiger partial charge in [0, 0.05) is 19.3 Å². The fraction of sp³-hybridized carbons (Fsp3) is 0.949. The van der Waals surface area contributed by atoms with E-state index in [1.807, 2.05) is 0 Å². The quantitative estimate of drug-likeness (QED) is 0.0344. The average molecular weight is 920 g/mol. The molecular weight excluding hydrogens is 805 g/mol. The van der Waals surface area contributed by atoms with Crippen LogP contribution in [0.25, 0.3) is 0 Å². The summed E-state index contributed by atoms with van der Waals surface area (Å²) < 4.78 is 16.9. The zero-order valence-electron chi connectivity index (χ0n) is 44.8. The van der Waals surface area contributed by atoms with Crippen LogP contribution in [-0.2, 0) is 28.6 Å². The van der Waals surface area contributed by atoms with Crippen molar-refractivity contribution in [1.82, 2.24) is 0 Å². The highest BCUT2D eigenvalue weighted by atomic mass is 16.6. The topological polar surface area (TPSA) is 78.9 Å². The molecule has 0 rings (SSSR count). The van der Waals surface area contributed by atoms with E-state index in [1.54, 1.807) is 0 Å². The highest BCUT2D eigenvalue weighted by Gasteiger charge is 2.19. The van der Waals surface area contributed by atoms with Gasteiger partial charge in [0.2, 0.25) is 0 Å². The number of carbonyl (C=O) groups excluding carboxylic acids is 3. The fourth-order valence-corrected chi connectivity index (χ4v) is 9.00. The summed E-state index contributed by atoms with van der Waals surface area (Å²) in [6, 6.07) is 0. The Labute approximate surface area is 406 Å². The van der Waals surface area contributed by atoms with Crippen molar-refractivity contribution in [3.63, 3.8) is 0 Å². The predicted octanol–water partition coefficient (Wildman–Crippen LogP) is 19.1. The smallest absolute Gasteiger partial charge is 0.306 e. The van der Waals surface area contributed by atoms with E-state index in [-0.39, 0.29) is 31.1 Å². The van der Waals surface area contributed by atoms with Gasteiger partial charge < -0.3 is 14.2 Å². The van der Waals surface area contributed by atoms with E-state index in [1.165, 1.54) is 205 Å². The standard InChI is InChI=1S/C59H114O6/c1-53(2)45-39-33-27-21-15-9-7-8-10-18-24-30-36-42-48-57(60)63-51-56(65-59(62)50-44-38-32-26-20-14-12-17-23-29-35-41-47-55(5)6)52-64-58(61)49-43-37-31-25-19-13-11-16-22-28-34-40-46-54(3)4/h53-56H,7-52H2,1-6H3/t56-/m1/s1. The van der Waals surface area contributed by atoms with Crippen LogP contribution >= 0.6 is 0 Å². The third kappa shape index (κ3) is 53.2. The van der Waals surface area contributed by atoms with Crippen LogP contribution in [0, 0.1) is 17.8 Å². The van der Waals surface area contributed by atoms with Gasteiger partial charge >= 0.3 is 17.9 Å². The van der Waals surface area contributed by atoms with Crippen LogP contribution in [0.5, 0.6) is 0 Å². The summed E-state index contributed by atoms with van der Waals surface area (Å²) >= 11 is 0. The largest absolute Gasteiger partial charge is 0.462 e. The van der Waals surface area contributed by atoms with E-state index < -0.39 is 6.10 Å². The summed E-state index contributed by atoms with van der Waals surface area (Å²) in [6.45, 7) is 13.8. The van der Waals surface area contributed by atoms with E-state index in [2.05, 4.69) is 41.5 Å². The normalized spacial score (nSPS) is 12.1. The summed E-state index contributed by atoms with van der Waals surface area (Å²) in [4.78, 5) is 38.2. The van der Waals surface area contributed by atoms with Gasteiger partial charge in [-0.05, 0) is 37.0 Å². The Balaban J connectivity index is 4.30. The first-order chi connectivity index (χ1) is 31.6. The van der Waals surface area contributed by atoms with Crippen LogP contribution in [0.4, 0.5) is 0 Å². The average Bonchev–Trinajstić information content (AvgIpc) is 3.26. The lowest BCUT2D eigenvalue weighted by molar-refractivity contribution is -0.167. The van der Waals surface area contributed by atoms with Gasteiger partial charge in [-0.2, -0.15) is 0 Å². The Morgan fingerprint density at radius 3 is 0.662 bits per heavy atom. The monoisotopic (exact) mass is 919 g/mol. The summed E-state index contributed by atoms with van der Waals surface area (Å²) in [7, 11) is 0. The first-order valence-corrected chi connectivity index (χ1v) is 29.1. The number of hydrogen-bond donors (Lipinski definition) is 0. The summed E-state index contributed by atoms with van der Waals surface area (Å²) in [5, 5.41) is 0. The summed E-state index contributed by atoms with van der Waals surface area (Å²) in [6.07, 6.45) is 52.3. The third-order valence-electron chi connectivity index (χ3n) is 13.4. The molecule has 0 N–H and O–H groups in total. The molecule has 6 heteroatoms. The molecule has 0 radical (unpaired) electrons. The second kappa shape index (κ2) is 50.3. The molecule has 0 aromatic heterocycles. The van der Waals surface area contributed by atoms with Gasteiger partial charge in [0.25, 0.3) is 0 Å². The molecule has 0 aromatic rings. The number of esters is 3. The number of ether oxygens (including phenoxy) is 3. The van der Waals surface area contributed by atoms with E-state index >= 15 is 0 Å². The molecule has 0 heterocycles.